The first-order chi connectivity index (χ1) is 26.3. The normalized spacial score (nSPS) is 19.6. The van der Waals surface area contributed by atoms with Crippen molar-refractivity contribution in [3.63, 3.8) is 0 Å². The summed E-state index contributed by atoms with van der Waals surface area (Å²) in [6, 6.07) is -2.41. The number of hydrogen-bond acceptors (Lipinski definition) is 11. The molecule has 1 saturated heterocycles. The number of nitrogens with zero attached hydrogens (tertiary/aromatic N) is 5. The van der Waals surface area contributed by atoms with Crippen molar-refractivity contribution < 1.29 is 47.0 Å². The molecular weight excluding hydrogens is 756 g/mol. The summed E-state index contributed by atoms with van der Waals surface area (Å²) in [7, 11) is 3.60. The minimum atomic E-state index is -4.64. The SMILES string of the molecule is CC(=O)O[C@H](C[C@H](C(C)C)N(C)C(=O)[C@@H](NC(=O)[C@H]1CCCCN1C)[C@@H](C)C1CC1)c1nc(C(=O)N[C@@H](Cc2ncc(C(F)(F)F)cn2)C[C@H](C)C(=O)O)cs1. The van der Waals surface area contributed by atoms with Gasteiger partial charge in [0.1, 0.15) is 22.6 Å². The highest BCUT2D eigenvalue weighted by atomic mass is 32.1. The number of hydrogen-bond donors (Lipinski definition) is 3. The number of carbonyl (C=O) groups excluding carboxylic acids is 4. The molecule has 1 aliphatic heterocycles. The van der Waals surface area contributed by atoms with Gasteiger partial charge in [-0.25, -0.2) is 15.0 Å². The van der Waals surface area contributed by atoms with E-state index in [4.69, 9.17) is 4.74 Å². The highest BCUT2D eigenvalue weighted by Crippen LogP contribution is 2.39. The second kappa shape index (κ2) is 19.3. The Morgan fingerprint density at radius 1 is 1.04 bits per heavy atom. The van der Waals surface area contributed by atoms with E-state index < -0.39 is 59.7 Å². The van der Waals surface area contributed by atoms with Crippen LogP contribution in [-0.2, 0) is 36.5 Å². The van der Waals surface area contributed by atoms with Crippen LogP contribution in [0.15, 0.2) is 17.8 Å². The Hall–Kier alpha value is -4.19. The minimum absolute atomic E-state index is 0.0252. The van der Waals surface area contributed by atoms with Gasteiger partial charge in [0.15, 0.2) is 6.10 Å². The van der Waals surface area contributed by atoms with Crippen molar-refractivity contribution in [2.24, 2.45) is 23.7 Å². The molecule has 2 aliphatic rings. The van der Waals surface area contributed by atoms with Crippen LogP contribution in [0.4, 0.5) is 13.2 Å². The number of alkyl halides is 3. The summed E-state index contributed by atoms with van der Waals surface area (Å²) in [6.45, 7) is 9.36. The molecular formula is C38H54F3N7O7S. The molecule has 1 saturated carbocycles. The average molecular weight is 810 g/mol. The van der Waals surface area contributed by atoms with Crippen molar-refractivity contribution in [3.05, 3.63) is 39.9 Å². The lowest BCUT2D eigenvalue weighted by atomic mass is 9.91. The lowest BCUT2D eigenvalue weighted by molar-refractivity contribution is -0.149. The van der Waals surface area contributed by atoms with Gasteiger partial charge in [0, 0.05) is 56.7 Å². The first kappa shape index (κ1) is 44.5. The molecule has 3 heterocycles. The number of carboxylic acids is 1. The maximum absolute atomic E-state index is 14.3. The van der Waals surface area contributed by atoms with Crippen molar-refractivity contribution in [2.45, 2.75) is 122 Å². The summed E-state index contributed by atoms with van der Waals surface area (Å²) in [5.41, 5.74) is -1.10. The Bertz CT molecular complexity index is 1690. The van der Waals surface area contributed by atoms with Crippen LogP contribution in [0.2, 0.25) is 0 Å². The number of carboxylic acid groups (broad SMARTS) is 1. The van der Waals surface area contributed by atoms with E-state index in [0.29, 0.717) is 18.3 Å². The minimum Gasteiger partial charge on any atom is -0.481 e. The summed E-state index contributed by atoms with van der Waals surface area (Å²) in [6.07, 6.45) is 0.217. The molecule has 0 radical (unpaired) electrons. The second-order valence-corrected chi connectivity index (χ2v) is 16.5. The molecule has 7 atom stereocenters. The summed E-state index contributed by atoms with van der Waals surface area (Å²) in [5, 5.41) is 17.1. The quantitative estimate of drug-likeness (QED) is 0.174. The fraction of sp³-hybridized carbons (Fsp3) is 0.684. The van der Waals surface area contributed by atoms with E-state index in [9.17, 15) is 42.3 Å². The number of ether oxygens (including phenoxy) is 1. The van der Waals surface area contributed by atoms with Crippen LogP contribution in [0.25, 0.3) is 0 Å². The molecule has 2 aromatic heterocycles. The van der Waals surface area contributed by atoms with E-state index in [1.165, 1.54) is 19.2 Å². The van der Waals surface area contributed by atoms with Crippen LogP contribution in [0, 0.1) is 23.7 Å². The van der Waals surface area contributed by atoms with Gasteiger partial charge in [-0.15, -0.1) is 11.3 Å². The van der Waals surface area contributed by atoms with Crippen molar-refractivity contribution in [1.82, 2.24) is 35.4 Å². The summed E-state index contributed by atoms with van der Waals surface area (Å²) in [4.78, 5) is 81.0. The molecule has 0 spiro atoms. The molecule has 56 heavy (non-hydrogen) atoms. The monoisotopic (exact) mass is 809 g/mol. The van der Waals surface area contributed by atoms with Gasteiger partial charge in [0.25, 0.3) is 5.91 Å². The predicted octanol–water partition coefficient (Wildman–Crippen LogP) is 4.90. The summed E-state index contributed by atoms with van der Waals surface area (Å²) >= 11 is 1.06. The number of rotatable bonds is 18. The standard InChI is InChI=1S/C38H54F3N7O7S/c1-20(2)29(48(7)36(52)32(22(4)24-11-12-24)46-34(51)28-10-8-9-13-47(28)6)16-30(55-23(5)49)35-45-27(19-56-35)33(50)44-26(14-21(3)37(53)54)15-31-42-17-25(18-43-31)38(39,40)41/h17-22,24,26,28-30,32H,8-16H2,1-7H3,(H,44,50)(H,46,51)(H,53,54)/t21-,22-,26+,28+,29+,30+,32-/m0/s1. The molecule has 310 valence electrons. The Kier molecular flexibility index (Phi) is 15.3. The van der Waals surface area contributed by atoms with E-state index in [1.807, 2.05) is 32.7 Å². The molecule has 3 amide bonds. The summed E-state index contributed by atoms with van der Waals surface area (Å²) in [5.74, 6) is -3.66. The number of halogens is 3. The van der Waals surface area contributed by atoms with Crippen LogP contribution >= 0.6 is 11.3 Å². The molecule has 2 aromatic rings. The zero-order valence-corrected chi connectivity index (χ0v) is 33.8. The van der Waals surface area contributed by atoms with Crippen LogP contribution in [0.5, 0.6) is 0 Å². The first-order valence-electron chi connectivity index (χ1n) is 19.1. The van der Waals surface area contributed by atoms with E-state index in [-0.39, 0.29) is 65.5 Å². The van der Waals surface area contributed by atoms with Crippen LogP contribution in [0.1, 0.15) is 113 Å². The van der Waals surface area contributed by atoms with Gasteiger partial charge in [-0.1, -0.05) is 34.1 Å². The molecule has 2 fully saturated rings. The number of carbonyl (C=O) groups is 5. The number of thiazole rings is 1. The van der Waals surface area contributed by atoms with E-state index in [2.05, 4.69) is 25.6 Å². The third kappa shape index (κ3) is 12.2. The molecule has 18 heteroatoms. The Morgan fingerprint density at radius 3 is 2.25 bits per heavy atom. The van der Waals surface area contributed by atoms with Gasteiger partial charge >= 0.3 is 18.1 Å². The van der Waals surface area contributed by atoms with Gasteiger partial charge in [-0.2, -0.15) is 13.2 Å². The number of likely N-dealkylation sites (N-methyl/N-ethyl adjacent to an activating group) is 2. The summed E-state index contributed by atoms with van der Waals surface area (Å²) < 4.78 is 44.9. The maximum Gasteiger partial charge on any atom is 0.419 e. The van der Waals surface area contributed by atoms with Crippen LogP contribution < -0.4 is 10.6 Å². The van der Waals surface area contributed by atoms with Gasteiger partial charge in [-0.3, -0.25) is 28.9 Å². The number of aromatic nitrogens is 3. The lowest BCUT2D eigenvalue weighted by Crippen LogP contribution is -2.58. The fourth-order valence-corrected chi connectivity index (χ4v) is 8.03. The van der Waals surface area contributed by atoms with Crippen molar-refractivity contribution in [3.8, 4) is 0 Å². The molecule has 14 nitrogen and oxygen atoms in total. The Balaban J connectivity index is 1.52. The van der Waals surface area contributed by atoms with Gasteiger partial charge < -0.3 is 25.4 Å². The third-order valence-electron chi connectivity index (χ3n) is 10.8. The Labute approximate surface area is 329 Å². The smallest absolute Gasteiger partial charge is 0.419 e. The molecule has 0 bridgehead atoms. The average Bonchev–Trinajstić information content (AvgIpc) is 3.86. The Morgan fingerprint density at radius 2 is 1.70 bits per heavy atom. The highest BCUT2D eigenvalue weighted by Gasteiger charge is 2.42. The number of likely N-dealkylation sites (tertiary alicyclic amines) is 1. The number of piperidine rings is 1. The number of amides is 3. The zero-order valence-electron chi connectivity index (χ0n) is 33.0. The van der Waals surface area contributed by atoms with Gasteiger partial charge in [-0.05, 0) is 63.5 Å². The van der Waals surface area contributed by atoms with E-state index in [1.54, 1.807) is 11.9 Å². The third-order valence-corrected chi connectivity index (χ3v) is 11.7. The number of esters is 1. The molecule has 4 rings (SSSR count). The van der Waals surface area contributed by atoms with Gasteiger partial charge in [0.05, 0.1) is 17.5 Å². The first-order valence-corrected chi connectivity index (χ1v) is 20.0. The van der Waals surface area contributed by atoms with Crippen LogP contribution in [0.3, 0.4) is 0 Å². The maximum atomic E-state index is 14.3. The molecule has 1 aliphatic carbocycles. The largest absolute Gasteiger partial charge is 0.481 e. The number of nitrogens with one attached hydrogen (secondary N) is 2. The topological polar surface area (TPSA) is 184 Å². The van der Waals surface area contributed by atoms with Crippen molar-refractivity contribution in [2.75, 3.05) is 20.6 Å². The number of aliphatic carboxylic acids is 1. The van der Waals surface area contributed by atoms with Crippen molar-refractivity contribution in [1.29, 1.82) is 0 Å². The van der Waals surface area contributed by atoms with E-state index in [0.717, 1.165) is 50.0 Å². The lowest BCUT2D eigenvalue weighted by Gasteiger charge is -2.38. The van der Waals surface area contributed by atoms with E-state index >= 15 is 0 Å². The van der Waals surface area contributed by atoms with Gasteiger partial charge in [0.2, 0.25) is 11.8 Å². The van der Waals surface area contributed by atoms with Crippen LogP contribution in [-0.4, -0.2) is 104 Å². The zero-order chi connectivity index (χ0) is 41.5. The second-order valence-electron chi connectivity index (χ2n) is 15.6. The molecule has 0 aromatic carbocycles. The molecule has 3 N–H and O–H groups in total. The highest BCUT2D eigenvalue weighted by molar-refractivity contribution is 7.09. The van der Waals surface area contributed by atoms with Crippen molar-refractivity contribution >= 4 is 41.0 Å². The predicted molar refractivity (Wildman–Crippen MR) is 200 cm³/mol. The molecule has 0 unspecified atom stereocenters. The fourth-order valence-electron chi connectivity index (χ4n) is 7.19.